The summed E-state index contributed by atoms with van der Waals surface area (Å²) in [5, 5.41) is 14.0. The summed E-state index contributed by atoms with van der Waals surface area (Å²) >= 11 is 3.99. The van der Waals surface area contributed by atoms with Crippen molar-refractivity contribution in [3.63, 3.8) is 0 Å². The molecule has 76 valence electrons. The molecule has 2 atom stereocenters. The van der Waals surface area contributed by atoms with Crippen LogP contribution >= 0.6 is 33.9 Å². The van der Waals surface area contributed by atoms with Crippen molar-refractivity contribution in [1.29, 1.82) is 0 Å². The van der Waals surface area contributed by atoms with Crippen molar-refractivity contribution in [2.24, 2.45) is 0 Å². The maximum Gasteiger partial charge on any atom is 0.320 e. The van der Waals surface area contributed by atoms with Crippen molar-refractivity contribution in [2.45, 2.75) is 24.9 Å². The van der Waals surface area contributed by atoms with Gasteiger partial charge < -0.3 is 5.11 Å². The third kappa shape index (κ3) is 1.94. The molecule has 5 heteroatoms. The molecule has 1 aromatic rings. The second-order valence-electron chi connectivity index (χ2n) is 3.32. The first kappa shape index (κ1) is 10.4. The van der Waals surface area contributed by atoms with Crippen molar-refractivity contribution >= 4 is 39.9 Å². The van der Waals surface area contributed by atoms with E-state index in [1.807, 2.05) is 5.38 Å². The molecule has 1 fully saturated rings. The van der Waals surface area contributed by atoms with Crippen LogP contribution in [0.2, 0.25) is 0 Å². The summed E-state index contributed by atoms with van der Waals surface area (Å²) < 4.78 is 1.23. The van der Waals surface area contributed by atoms with Crippen LogP contribution in [-0.2, 0) is 4.79 Å². The van der Waals surface area contributed by atoms with Gasteiger partial charge in [-0.2, -0.15) is 0 Å². The molecule has 0 spiro atoms. The van der Waals surface area contributed by atoms with Gasteiger partial charge in [0.2, 0.25) is 0 Å². The van der Waals surface area contributed by atoms with E-state index in [4.69, 9.17) is 5.11 Å². The Morgan fingerprint density at radius 1 is 1.64 bits per heavy atom. The molecule has 1 aliphatic heterocycles. The number of nitrogens with one attached hydrogen (secondary N) is 1. The quantitative estimate of drug-likeness (QED) is 0.821. The first-order valence-corrected chi connectivity index (χ1v) is 6.36. The molecule has 2 heterocycles. The molecule has 0 bridgehead atoms. The molecule has 0 aromatic carbocycles. The number of carboxylic acids is 1. The lowest BCUT2D eigenvalue weighted by Gasteiger charge is -2.10. The van der Waals surface area contributed by atoms with Crippen molar-refractivity contribution in [3.05, 3.63) is 19.9 Å². The minimum Gasteiger partial charge on any atom is -0.480 e. The van der Waals surface area contributed by atoms with Gasteiger partial charge in [0.1, 0.15) is 6.04 Å². The van der Waals surface area contributed by atoms with E-state index in [0.717, 1.165) is 12.8 Å². The van der Waals surface area contributed by atoms with Gasteiger partial charge in [0.05, 0.1) is 0 Å². The van der Waals surface area contributed by atoms with E-state index in [9.17, 15) is 4.79 Å². The van der Waals surface area contributed by atoms with Crippen molar-refractivity contribution in [3.8, 4) is 0 Å². The fourth-order valence-corrected chi connectivity index (χ4v) is 3.76. The van der Waals surface area contributed by atoms with E-state index < -0.39 is 5.97 Å². The van der Waals surface area contributed by atoms with E-state index in [2.05, 4.69) is 34.0 Å². The minimum atomic E-state index is -0.737. The molecule has 1 aromatic heterocycles. The molecule has 2 N–H and O–H groups in total. The van der Waals surface area contributed by atoms with E-state index in [0.29, 0.717) is 0 Å². The Morgan fingerprint density at radius 2 is 2.43 bits per heavy atom. The SMILES string of the molecule is O=C(O)[C@@H]1CC[C@@H](c2sccc2I)N1. The van der Waals surface area contributed by atoms with Gasteiger partial charge in [0.15, 0.2) is 0 Å². The zero-order chi connectivity index (χ0) is 10.1. The Hall–Kier alpha value is -0.140. The third-order valence-electron chi connectivity index (χ3n) is 2.41. The lowest BCUT2D eigenvalue weighted by Crippen LogP contribution is -2.31. The zero-order valence-electron chi connectivity index (χ0n) is 7.37. The zero-order valence-corrected chi connectivity index (χ0v) is 10.3. The van der Waals surface area contributed by atoms with Crippen LogP contribution in [0.3, 0.4) is 0 Å². The maximum atomic E-state index is 10.7. The number of halogens is 1. The average molecular weight is 323 g/mol. The largest absolute Gasteiger partial charge is 0.480 e. The number of carboxylic acid groups (broad SMARTS) is 1. The minimum absolute atomic E-state index is 0.239. The molecule has 0 aliphatic carbocycles. The normalized spacial score (nSPS) is 26.6. The van der Waals surface area contributed by atoms with Crippen LogP contribution in [0.5, 0.6) is 0 Å². The summed E-state index contributed by atoms with van der Waals surface area (Å²) in [5.41, 5.74) is 0. The number of hydrogen-bond donors (Lipinski definition) is 2. The van der Waals surface area contributed by atoms with Crippen LogP contribution in [0.25, 0.3) is 0 Å². The summed E-state index contributed by atoms with van der Waals surface area (Å²) in [6.45, 7) is 0. The summed E-state index contributed by atoms with van der Waals surface area (Å²) in [5.74, 6) is -0.737. The lowest BCUT2D eigenvalue weighted by molar-refractivity contribution is -0.139. The molecule has 2 rings (SSSR count). The van der Waals surface area contributed by atoms with E-state index in [1.165, 1.54) is 8.45 Å². The molecule has 3 nitrogen and oxygen atoms in total. The smallest absolute Gasteiger partial charge is 0.320 e. The average Bonchev–Trinajstić information content (AvgIpc) is 2.71. The maximum absolute atomic E-state index is 10.7. The van der Waals surface area contributed by atoms with Gasteiger partial charge in [-0.3, -0.25) is 10.1 Å². The highest BCUT2D eigenvalue weighted by atomic mass is 127. The van der Waals surface area contributed by atoms with Crippen LogP contribution < -0.4 is 5.32 Å². The Morgan fingerprint density at radius 3 is 2.93 bits per heavy atom. The van der Waals surface area contributed by atoms with Crippen molar-refractivity contribution < 1.29 is 9.90 Å². The second-order valence-corrected chi connectivity index (χ2v) is 5.43. The van der Waals surface area contributed by atoms with Crippen LogP contribution in [-0.4, -0.2) is 17.1 Å². The molecule has 0 radical (unpaired) electrons. The van der Waals surface area contributed by atoms with E-state index >= 15 is 0 Å². The topological polar surface area (TPSA) is 49.3 Å². The molecule has 0 unspecified atom stereocenters. The number of carbonyl (C=O) groups is 1. The third-order valence-corrected chi connectivity index (χ3v) is 4.74. The summed E-state index contributed by atoms with van der Waals surface area (Å²) in [6.07, 6.45) is 1.65. The molecule has 14 heavy (non-hydrogen) atoms. The Kier molecular flexibility index (Phi) is 3.08. The van der Waals surface area contributed by atoms with Crippen molar-refractivity contribution in [2.75, 3.05) is 0 Å². The predicted molar refractivity (Wildman–Crippen MR) is 63.6 cm³/mol. The number of aliphatic carboxylic acids is 1. The Balaban J connectivity index is 2.10. The van der Waals surface area contributed by atoms with Crippen molar-refractivity contribution in [1.82, 2.24) is 5.32 Å². The predicted octanol–water partition coefficient (Wildman–Crippen LogP) is 2.23. The van der Waals surface area contributed by atoms with Gasteiger partial charge in [-0.1, -0.05) is 0 Å². The van der Waals surface area contributed by atoms with Gasteiger partial charge in [0, 0.05) is 14.5 Å². The number of rotatable bonds is 2. The molecule has 1 saturated heterocycles. The molecule has 0 saturated carbocycles. The summed E-state index contributed by atoms with van der Waals surface area (Å²) in [4.78, 5) is 12.0. The Bertz CT molecular complexity index is 352. The number of hydrogen-bond acceptors (Lipinski definition) is 3. The second kappa shape index (κ2) is 4.16. The first-order chi connectivity index (χ1) is 6.68. The highest BCUT2D eigenvalue weighted by Crippen LogP contribution is 2.33. The van der Waals surface area contributed by atoms with Gasteiger partial charge in [-0.25, -0.2) is 0 Å². The van der Waals surface area contributed by atoms with Gasteiger partial charge in [0.25, 0.3) is 0 Å². The Labute approximate surface area is 99.7 Å². The lowest BCUT2D eigenvalue weighted by atomic mass is 10.2. The van der Waals surface area contributed by atoms with E-state index in [-0.39, 0.29) is 12.1 Å². The summed E-state index contributed by atoms with van der Waals surface area (Å²) in [7, 11) is 0. The van der Waals surface area contributed by atoms with Crippen LogP contribution in [0.15, 0.2) is 11.4 Å². The number of thiophene rings is 1. The van der Waals surface area contributed by atoms with Crippen LogP contribution in [0.4, 0.5) is 0 Å². The van der Waals surface area contributed by atoms with Gasteiger partial charge in [-0.15, -0.1) is 11.3 Å². The fourth-order valence-electron chi connectivity index (χ4n) is 1.70. The summed E-state index contributed by atoms with van der Waals surface area (Å²) in [6, 6.07) is 1.94. The molecular formula is C9H10INO2S. The first-order valence-electron chi connectivity index (χ1n) is 4.40. The highest BCUT2D eigenvalue weighted by molar-refractivity contribution is 14.1. The monoisotopic (exact) mass is 323 g/mol. The highest BCUT2D eigenvalue weighted by Gasteiger charge is 2.30. The molecule has 1 aliphatic rings. The van der Waals surface area contributed by atoms with Crippen LogP contribution in [0.1, 0.15) is 23.8 Å². The van der Waals surface area contributed by atoms with Gasteiger partial charge in [-0.05, 0) is 46.9 Å². The van der Waals surface area contributed by atoms with Crippen LogP contribution in [0, 0.1) is 3.57 Å². The van der Waals surface area contributed by atoms with E-state index in [1.54, 1.807) is 11.3 Å². The standard InChI is InChI=1S/C9H10INO2S/c10-5-3-4-14-8(5)6-1-2-7(11-6)9(12)13/h3-4,6-7,11H,1-2H2,(H,12,13)/t6-,7-/m0/s1. The molecular weight excluding hydrogens is 313 g/mol. The van der Waals surface area contributed by atoms with Gasteiger partial charge >= 0.3 is 5.97 Å². The fraction of sp³-hybridized carbons (Fsp3) is 0.444. The molecule has 0 amide bonds.